The summed E-state index contributed by atoms with van der Waals surface area (Å²) in [5.74, 6) is 0. The molecule has 3 heterocycles. The van der Waals surface area contributed by atoms with Crippen molar-refractivity contribution in [2.45, 2.75) is 25.0 Å². The molecule has 1 aromatic rings. The first-order chi connectivity index (χ1) is 9.66. The van der Waals surface area contributed by atoms with Gasteiger partial charge in [0.1, 0.15) is 0 Å². The van der Waals surface area contributed by atoms with Crippen molar-refractivity contribution < 1.29 is 4.79 Å². The highest BCUT2D eigenvalue weighted by atomic mass is 16.2. The van der Waals surface area contributed by atoms with Crippen molar-refractivity contribution in [3.63, 3.8) is 0 Å². The third-order valence-electron chi connectivity index (χ3n) is 4.20. The van der Waals surface area contributed by atoms with E-state index in [2.05, 4.69) is 15.2 Å². The van der Waals surface area contributed by atoms with E-state index < -0.39 is 0 Å². The molecule has 3 rings (SSSR count). The van der Waals surface area contributed by atoms with E-state index in [-0.39, 0.29) is 24.2 Å². The molecule has 2 aliphatic rings. The highest BCUT2D eigenvalue weighted by molar-refractivity contribution is 5.77. The Labute approximate surface area is 118 Å². The quantitative estimate of drug-likeness (QED) is 0.825. The molecule has 2 saturated heterocycles. The fraction of sp³-hybridized carbons (Fsp3) is 0.571. The average Bonchev–Trinajstić information content (AvgIpc) is 2.81. The van der Waals surface area contributed by atoms with E-state index >= 15 is 0 Å². The summed E-state index contributed by atoms with van der Waals surface area (Å²) in [6, 6.07) is 4.59. The highest BCUT2D eigenvalue weighted by Gasteiger charge is 2.38. The van der Waals surface area contributed by atoms with Crippen molar-refractivity contribution in [3.05, 3.63) is 30.1 Å². The van der Waals surface area contributed by atoms with Crippen molar-refractivity contribution in [2.24, 2.45) is 5.73 Å². The number of aromatic nitrogens is 1. The Bertz CT molecular complexity index is 478. The van der Waals surface area contributed by atoms with Gasteiger partial charge in [0, 0.05) is 50.7 Å². The number of piperazine rings is 1. The molecule has 3 unspecified atom stereocenters. The molecular weight excluding hydrogens is 254 g/mol. The van der Waals surface area contributed by atoms with Gasteiger partial charge in [-0.05, 0) is 24.6 Å². The van der Waals surface area contributed by atoms with Crippen LogP contribution in [0.4, 0.5) is 4.79 Å². The van der Waals surface area contributed by atoms with Crippen LogP contribution in [0.25, 0.3) is 0 Å². The van der Waals surface area contributed by atoms with E-state index in [1.54, 1.807) is 0 Å². The number of nitrogens with zero attached hydrogens (tertiary/aromatic N) is 3. The van der Waals surface area contributed by atoms with Crippen LogP contribution in [0, 0.1) is 0 Å². The standard InChI is InChI=1S/C14H21N5O/c1-10(15)13(11-2-4-16-5-3-11)18-6-7-19-12(9-18)8-17-14(19)20/h2-5,10,12-13H,6-9,15H2,1H3,(H,17,20). The lowest BCUT2D eigenvalue weighted by atomic mass is 9.98. The monoisotopic (exact) mass is 275 g/mol. The molecule has 108 valence electrons. The molecule has 0 spiro atoms. The van der Waals surface area contributed by atoms with Gasteiger partial charge in [0.05, 0.1) is 6.04 Å². The fourth-order valence-corrected chi connectivity index (χ4v) is 3.29. The molecule has 1 aromatic heterocycles. The number of amides is 2. The number of hydrogen-bond acceptors (Lipinski definition) is 4. The molecule has 0 bridgehead atoms. The zero-order chi connectivity index (χ0) is 14.1. The van der Waals surface area contributed by atoms with Gasteiger partial charge in [0.2, 0.25) is 0 Å². The average molecular weight is 275 g/mol. The van der Waals surface area contributed by atoms with Crippen LogP contribution in [0.1, 0.15) is 18.5 Å². The highest BCUT2D eigenvalue weighted by Crippen LogP contribution is 2.27. The van der Waals surface area contributed by atoms with E-state index in [0.29, 0.717) is 0 Å². The third-order valence-corrected chi connectivity index (χ3v) is 4.20. The van der Waals surface area contributed by atoms with Gasteiger partial charge in [-0.2, -0.15) is 0 Å². The minimum atomic E-state index is 0.0361. The van der Waals surface area contributed by atoms with Crippen molar-refractivity contribution >= 4 is 6.03 Å². The number of nitrogens with two attached hydrogens (primary N) is 1. The molecule has 0 aliphatic carbocycles. The first-order valence-corrected chi connectivity index (χ1v) is 7.11. The summed E-state index contributed by atoms with van der Waals surface area (Å²) < 4.78 is 0. The van der Waals surface area contributed by atoms with Gasteiger partial charge in [0.25, 0.3) is 0 Å². The number of urea groups is 1. The van der Waals surface area contributed by atoms with E-state index in [1.165, 1.54) is 5.56 Å². The number of nitrogens with one attached hydrogen (secondary N) is 1. The number of hydrogen-bond donors (Lipinski definition) is 2. The summed E-state index contributed by atoms with van der Waals surface area (Å²) in [6.07, 6.45) is 3.61. The van der Waals surface area contributed by atoms with Crippen LogP contribution in [-0.4, -0.2) is 59.1 Å². The first kappa shape index (κ1) is 13.3. The molecule has 0 saturated carbocycles. The van der Waals surface area contributed by atoms with Gasteiger partial charge in [-0.3, -0.25) is 9.88 Å². The zero-order valence-electron chi connectivity index (χ0n) is 11.7. The summed E-state index contributed by atoms with van der Waals surface area (Å²) in [4.78, 5) is 20.0. The number of carbonyl (C=O) groups is 1. The number of carbonyl (C=O) groups excluding carboxylic acids is 1. The molecule has 0 aromatic carbocycles. The maximum atomic E-state index is 11.7. The topological polar surface area (TPSA) is 74.5 Å². The summed E-state index contributed by atoms with van der Waals surface area (Å²) >= 11 is 0. The Morgan fingerprint density at radius 3 is 2.85 bits per heavy atom. The van der Waals surface area contributed by atoms with E-state index in [1.807, 2.05) is 36.4 Å². The van der Waals surface area contributed by atoms with Crippen LogP contribution in [0.3, 0.4) is 0 Å². The smallest absolute Gasteiger partial charge is 0.317 e. The molecule has 6 heteroatoms. The SMILES string of the molecule is CC(N)C(c1ccncc1)N1CCN2C(=O)NCC2C1. The second-order valence-corrected chi connectivity index (χ2v) is 5.61. The lowest BCUT2D eigenvalue weighted by molar-refractivity contribution is 0.0795. The Hall–Kier alpha value is -1.66. The summed E-state index contributed by atoms with van der Waals surface area (Å²) in [5, 5.41) is 2.91. The molecule has 2 fully saturated rings. The molecule has 0 radical (unpaired) electrons. The minimum Gasteiger partial charge on any atom is -0.336 e. The van der Waals surface area contributed by atoms with Crippen LogP contribution in [-0.2, 0) is 0 Å². The van der Waals surface area contributed by atoms with Crippen LogP contribution in [0.5, 0.6) is 0 Å². The number of fused-ring (bicyclic) bond motifs is 1. The lowest BCUT2D eigenvalue weighted by Gasteiger charge is -2.42. The van der Waals surface area contributed by atoms with Gasteiger partial charge in [-0.1, -0.05) is 0 Å². The lowest BCUT2D eigenvalue weighted by Crippen LogP contribution is -2.55. The van der Waals surface area contributed by atoms with Crippen molar-refractivity contribution in [3.8, 4) is 0 Å². The normalized spacial score (nSPS) is 26.0. The molecule has 6 nitrogen and oxygen atoms in total. The van der Waals surface area contributed by atoms with Gasteiger partial charge in [-0.15, -0.1) is 0 Å². The molecule has 20 heavy (non-hydrogen) atoms. The summed E-state index contributed by atoms with van der Waals surface area (Å²) in [6.45, 7) is 5.27. The van der Waals surface area contributed by atoms with E-state index in [9.17, 15) is 4.79 Å². The van der Waals surface area contributed by atoms with Crippen molar-refractivity contribution in [2.75, 3.05) is 26.2 Å². The van der Waals surface area contributed by atoms with Crippen molar-refractivity contribution in [1.82, 2.24) is 20.1 Å². The molecule has 3 atom stereocenters. The number of pyridine rings is 1. The van der Waals surface area contributed by atoms with Crippen molar-refractivity contribution in [1.29, 1.82) is 0 Å². The molecule has 3 N–H and O–H groups in total. The Kier molecular flexibility index (Phi) is 3.58. The van der Waals surface area contributed by atoms with Gasteiger partial charge in [-0.25, -0.2) is 4.79 Å². The Morgan fingerprint density at radius 2 is 2.15 bits per heavy atom. The van der Waals surface area contributed by atoms with Crippen LogP contribution < -0.4 is 11.1 Å². The van der Waals surface area contributed by atoms with Crippen LogP contribution in [0.2, 0.25) is 0 Å². The van der Waals surface area contributed by atoms with Gasteiger partial charge >= 0.3 is 6.03 Å². The third kappa shape index (κ3) is 2.36. The predicted octanol–water partition coefficient (Wildman–Crippen LogP) is 0.179. The maximum absolute atomic E-state index is 11.7. The number of rotatable bonds is 3. The first-order valence-electron chi connectivity index (χ1n) is 7.11. The maximum Gasteiger partial charge on any atom is 0.317 e. The second kappa shape index (κ2) is 5.38. The minimum absolute atomic E-state index is 0.0361. The zero-order valence-corrected chi connectivity index (χ0v) is 11.7. The van der Waals surface area contributed by atoms with Crippen LogP contribution >= 0.6 is 0 Å². The van der Waals surface area contributed by atoms with E-state index in [0.717, 1.165) is 26.2 Å². The van der Waals surface area contributed by atoms with Gasteiger partial charge < -0.3 is 16.0 Å². The van der Waals surface area contributed by atoms with E-state index in [4.69, 9.17) is 5.73 Å². The largest absolute Gasteiger partial charge is 0.336 e. The summed E-state index contributed by atoms with van der Waals surface area (Å²) in [7, 11) is 0. The predicted molar refractivity (Wildman–Crippen MR) is 76.1 cm³/mol. The van der Waals surface area contributed by atoms with Crippen LogP contribution in [0.15, 0.2) is 24.5 Å². The second-order valence-electron chi connectivity index (χ2n) is 5.61. The summed E-state index contributed by atoms with van der Waals surface area (Å²) in [5.41, 5.74) is 7.40. The Morgan fingerprint density at radius 1 is 1.40 bits per heavy atom. The molecule has 2 aliphatic heterocycles. The molecule has 2 amide bonds. The molecular formula is C14H21N5O. The fourth-order valence-electron chi connectivity index (χ4n) is 3.29. The Balaban J connectivity index is 1.78. The van der Waals surface area contributed by atoms with Gasteiger partial charge in [0.15, 0.2) is 0 Å².